The fourth-order valence-corrected chi connectivity index (χ4v) is 2.40. The van der Waals surface area contributed by atoms with Crippen molar-refractivity contribution in [2.75, 3.05) is 19.6 Å². The number of nitrogens with zero attached hydrogens (tertiary/aromatic N) is 1. The van der Waals surface area contributed by atoms with Crippen LogP contribution >= 0.6 is 0 Å². The van der Waals surface area contributed by atoms with Gasteiger partial charge in [-0.3, -0.25) is 0 Å². The van der Waals surface area contributed by atoms with Crippen molar-refractivity contribution in [2.45, 2.75) is 32.3 Å². The molecular formula is C19H27N3O3. The number of aliphatic hydroxyl groups is 1. The maximum absolute atomic E-state index is 10.5. The van der Waals surface area contributed by atoms with Crippen LogP contribution in [0.15, 0.2) is 52.1 Å². The van der Waals surface area contributed by atoms with Crippen molar-refractivity contribution < 1.29 is 14.6 Å². The van der Waals surface area contributed by atoms with E-state index in [4.69, 9.17) is 4.42 Å². The van der Waals surface area contributed by atoms with E-state index in [1.807, 2.05) is 19.1 Å². The van der Waals surface area contributed by atoms with Crippen LogP contribution in [-0.2, 0) is 12.0 Å². The Labute approximate surface area is 148 Å². The molecule has 4 N–H and O–H groups in total. The van der Waals surface area contributed by atoms with E-state index in [0.717, 1.165) is 25.9 Å². The summed E-state index contributed by atoms with van der Waals surface area (Å²) in [4.78, 5) is 4.45. The molecule has 1 atom stereocenters. The van der Waals surface area contributed by atoms with Crippen LogP contribution in [0.5, 0.6) is 5.75 Å². The highest BCUT2D eigenvalue weighted by atomic mass is 16.4. The summed E-state index contributed by atoms with van der Waals surface area (Å²) in [6.07, 6.45) is 3.39. The first kappa shape index (κ1) is 18.9. The molecular weight excluding hydrogens is 318 g/mol. The second kappa shape index (κ2) is 9.13. The van der Waals surface area contributed by atoms with Crippen LogP contribution in [-0.4, -0.2) is 35.8 Å². The monoisotopic (exact) mass is 345 g/mol. The van der Waals surface area contributed by atoms with Crippen molar-refractivity contribution in [3.05, 3.63) is 54.0 Å². The average Bonchev–Trinajstić information content (AvgIpc) is 3.13. The fraction of sp³-hybridized carbons (Fsp3) is 0.421. The highest BCUT2D eigenvalue weighted by Crippen LogP contribution is 2.21. The number of guanidine groups is 1. The van der Waals surface area contributed by atoms with Crippen molar-refractivity contribution in [3.8, 4) is 5.75 Å². The molecule has 1 aromatic heterocycles. The summed E-state index contributed by atoms with van der Waals surface area (Å²) >= 11 is 0. The first-order valence-corrected chi connectivity index (χ1v) is 8.57. The van der Waals surface area contributed by atoms with Crippen molar-refractivity contribution in [1.29, 1.82) is 0 Å². The second-order valence-corrected chi connectivity index (χ2v) is 6.14. The zero-order valence-corrected chi connectivity index (χ0v) is 14.8. The zero-order valence-electron chi connectivity index (χ0n) is 14.8. The molecule has 0 spiro atoms. The van der Waals surface area contributed by atoms with Gasteiger partial charge in [0.2, 0.25) is 0 Å². The highest BCUT2D eigenvalue weighted by Gasteiger charge is 2.25. The Kier molecular flexibility index (Phi) is 6.89. The van der Waals surface area contributed by atoms with Gasteiger partial charge in [0.1, 0.15) is 17.1 Å². The fourth-order valence-electron chi connectivity index (χ4n) is 2.40. The number of hydrogen-bond donors (Lipinski definition) is 4. The van der Waals surface area contributed by atoms with Crippen LogP contribution in [0.25, 0.3) is 0 Å². The normalized spacial score (nSPS) is 14.1. The minimum atomic E-state index is -1.14. The molecule has 25 heavy (non-hydrogen) atoms. The number of phenols is 1. The van der Waals surface area contributed by atoms with E-state index in [-0.39, 0.29) is 12.3 Å². The van der Waals surface area contributed by atoms with E-state index in [9.17, 15) is 10.2 Å². The summed E-state index contributed by atoms with van der Waals surface area (Å²) in [5.74, 6) is 1.45. The molecule has 0 bridgehead atoms. The molecule has 0 fully saturated rings. The molecule has 0 saturated carbocycles. The molecule has 0 amide bonds. The lowest BCUT2D eigenvalue weighted by Gasteiger charge is -2.19. The van der Waals surface area contributed by atoms with Crippen LogP contribution < -0.4 is 10.6 Å². The number of benzene rings is 1. The van der Waals surface area contributed by atoms with Gasteiger partial charge in [0, 0.05) is 13.1 Å². The van der Waals surface area contributed by atoms with Gasteiger partial charge >= 0.3 is 0 Å². The second-order valence-electron chi connectivity index (χ2n) is 6.14. The number of aliphatic imine (C=N–C) groups is 1. The van der Waals surface area contributed by atoms with E-state index in [1.54, 1.807) is 37.5 Å². The molecule has 2 rings (SSSR count). The third-order valence-electron chi connectivity index (χ3n) is 3.81. The van der Waals surface area contributed by atoms with Crippen molar-refractivity contribution in [1.82, 2.24) is 10.6 Å². The van der Waals surface area contributed by atoms with Gasteiger partial charge in [-0.1, -0.05) is 12.1 Å². The SMILES string of the molecule is CCNC(=NCC(C)(O)c1ccco1)NCCCc1ccc(O)cc1. The molecule has 2 aromatic rings. The number of hydrogen-bond acceptors (Lipinski definition) is 4. The lowest BCUT2D eigenvalue weighted by atomic mass is 10.0. The highest BCUT2D eigenvalue weighted by molar-refractivity contribution is 5.79. The molecule has 6 heteroatoms. The Morgan fingerprint density at radius 3 is 2.60 bits per heavy atom. The summed E-state index contributed by atoms with van der Waals surface area (Å²) in [6.45, 7) is 5.39. The molecule has 1 unspecified atom stereocenters. The Morgan fingerprint density at radius 2 is 1.96 bits per heavy atom. The summed E-state index contributed by atoms with van der Waals surface area (Å²) in [6, 6.07) is 10.7. The summed E-state index contributed by atoms with van der Waals surface area (Å²) < 4.78 is 5.27. The third kappa shape index (κ3) is 6.15. The van der Waals surface area contributed by atoms with Gasteiger partial charge in [0.25, 0.3) is 0 Å². The van der Waals surface area contributed by atoms with Crippen LogP contribution in [0.2, 0.25) is 0 Å². The number of nitrogens with one attached hydrogen (secondary N) is 2. The third-order valence-corrected chi connectivity index (χ3v) is 3.81. The van der Waals surface area contributed by atoms with Gasteiger partial charge in [-0.05, 0) is 56.5 Å². The number of furan rings is 1. The number of rotatable bonds is 8. The lowest BCUT2D eigenvalue weighted by molar-refractivity contribution is 0.0437. The quantitative estimate of drug-likeness (QED) is 0.335. The van der Waals surface area contributed by atoms with E-state index >= 15 is 0 Å². The lowest BCUT2D eigenvalue weighted by Crippen LogP contribution is -2.39. The predicted molar refractivity (Wildman–Crippen MR) is 98.7 cm³/mol. The first-order valence-electron chi connectivity index (χ1n) is 8.57. The van der Waals surface area contributed by atoms with Crippen molar-refractivity contribution in [3.63, 3.8) is 0 Å². The number of aromatic hydroxyl groups is 1. The molecule has 0 aliphatic carbocycles. The topological polar surface area (TPSA) is 90.0 Å². The standard InChI is InChI=1S/C19H27N3O3/c1-3-20-18(22-14-19(2,24)17-7-5-13-25-17)21-12-4-6-15-8-10-16(23)11-9-15/h5,7-11,13,23-24H,3-4,6,12,14H2,1-2H3,(H2,20,21,22). The van der Waals surface area contributed by atoms with Crippen LogP contribution in [0.3, 0.4) is 0 Å². The maximum atomic E-state index is 10.5. The van der Waals surface area contributed by atoms with E-state index in [0.29, 0.717) is 11.7 Å². The molecule has 0 aliphatic heterocycles. The van der Waals surface area contributed by atoms with E-state index in [2.05, 4.69) is 15.6 Å². The van der Waals surface area contributed by atoms with Crippen LogP contribution in [0.4, 0.5) is 0 Å². The number of aryl methyl sites for hydroxylation is 1. The Morgan fingerprint density at radius 1 is 1.20 bits per heavy atom. The van der Waals surface area contributed by atoms with Crippen molar-refractivity contribution >= 4 is 5.96 Å². The first-order chi connectivity index (χ1) is 12.0. The zero-order chi connectivity index (χ0) is 18.1. The summed E-state index contributed by atoms with van der Waals surface area (Å²) in [7, 11) is 0. The molecule has 136 valence electrons. The molecule has 1 heterocycles. The van der Waals surface area contributed by atoms with Gasteiger partial charge in [-0.2, -0.15) is 0 Å². The van der Waals surface area contributed by atoms with E-state index < -0.39 is 5.60 Å². The van der Waals surface area contributed by atoms with Crippen LogP contribution in [0, 0.1) is 0 Å². The number of phenolic OH excluding ortho intramolecular Hbond substituents is 1. The van der Waals surface area contributed by atoms with Gasteiger partial charge in [-0.25, -0.2) is 4.99 Å². The van der Waals surface area contributed by atoms with Gasteiger partial charge in [0.05, 0.1) is 12.8 Å². The van der Waals surface area contributed by atoms with Crippen molar-refractivity contribution in [2.24, 2.45) is 4.99 Å². The molecule has 0 radical (unpaired) electrons. The summed E-state index contributed by atoms with van der Waals surface area (Å²) in [5, 5.41) is 26.2. The van der Waals surface area contributed by atoms with Crippen LogP contribution in [0.1, 0.15) is 31.6 Å². The van der Waals surface area contributed by atoms with E-state index in [1.165, 1.54) is 5.56 Å². The summed E-state index contributed by atoms with van der Waals surface area (Å²) in [5.41, 5.74) is 0.0417. The Bertz CT molecular complexity index is 649. The Balaban J connectivity index is 1.82. The minimum absolute atomic E-state index is 0.202. The largest absolute Gasteiger partial charge is 0.508 e. The average molecular weight is 345 g/mol. The Hall–Kier alpha value is -2.47. The molecule has 1 aromatic carbocycles. The van der Waals surface area contributed by atoms with Gasteiger partial charge in [-0.15, -0.1) is 0 Å². The predicted octanol–water partition coefficient (Wildman–Crippen LogP) is 2.38. The molecule has 0 saturated heterocycles. The smallest absolute Gasteiger partial charge is 0.191 e. The maximum Gasteiger partial charge on any atom is 0.191 e. The minimum Gasteiger partial charge on any atom is -0.508 e. The molecule has 6 nitrogen and oxygen atoms in total. The molecule has 0 aliphatic rings. The van der Waals surface area contributed by atoms with Gasteiger partial charge < -0.3 is 25.3 Å². The van der Waals surface area contributed by atoms with Gasteiger partial charge in [0.15, 0.2) is 5.96 Å².